The zero-order valence-electron chi connectivity index (χ0n) is 29.5. The van der Waals surface area contributed by atoms with Crippen LogP contribution < -0.4 is 0 Å². The molecule has 49 heavy (non-hydrogen) atoms. The highest BCUT2D eigenvalue weighted by molar-refractivity contribution is 7.86. The second-order valence-electron chi connectivity index (χ2n) is 10.0. The Morgan fingerprint density at radius 1 is 0.367 bits per heavy atom. The van der Waals surface area contributed by atoms with Crippen molar-refractivity contribution in [3.8, 4) is 0 Å². The van der Waals surface area contributed by atoms with Crippen LogP contribution in [0.25, 0.3) is 0 Å². The minimum Gasteiger partial charge on any atom is -0.379 e. The van der Waals surface area contributed by atoms with Gasteiger partial charge in [0, 0.05) is 6.61 Å². The maximum atomic E-state index is 12.1. The van der Waals surface area contributed by atoms with Crippen LogP contribution >= 0.6 is 0 Å². The number of hydrogen-bond donors (Lipinski definition) is 0. The fraction of sp³-hybridized carbons (Fsp3) is 0.818. The lowest BCUT2D eigenvalue weighted by molar-refractivity contribution is -0.0284. The number of hydrogen-bond acceptors (Lipinski definition) is 15. The van der Waals surface area contributed by atoms with Gasteiger partial charge in [-0.3, -0.25) is 4.18 Å². The molecule has 1 aromatic carbocycles. The molecule has 15 nitrogen and oxygen atoms in total. The number of ether oxygens (including phenoxy) is 12. The highest BCUT2D eigenvalue weighted by Gasteiger charge is 2.14. The van der Waals surface area contributed by atoms with Crippen LogP contribution in [0, 0.1) is 6.92 Å². The summed E-state index contributed by atoms with van der Waals surface area (Å²) < 4.78 is 94.1. The first kappa shape index (κ1) is 45.7. The van der Waals surface area contributed by atoms with Gasteiger partial charge >= 0.3 is 0 Å². The summed E-state index contributed by atoms with van der Waals surface area (Å²) >= 11 is 0. The third-order valence-electron chi connectivity index (χ3n) is 6.07. The van der Waals surface area contributed by atoms with Gasteiger partial charge in [-0.05, 0) is 26.0 Å². The normalized spacial score (nSPS) is 11.9. The fourth-order valence-electron chi connectivity index (χ4n) is 3.54. The molecule has 0 bridgehead atoms. The predicted octanol–water partition coefficient (Wildman–Crippen LogP) is 1.92. The molecule has 0 heterocycles. The van der Waals surface area contributed by atoms with Gasteiger partial charge < -0.3 is 56.8 Å². The van der Waals surface area contributed by atoms with Gasteiger partial charge in [-0.2, -0.15) is 8.42 Å². The highest BCUT2D eigenvalue weighted by atomic mass is 32.2. The Kier molecular flexibility index (Phi) is 32.7. The monoisotopic (exact) mass is 728 g/mol. The van der Waals surface area contributed by atoms with Crippen molar-refractivity contribution < 1.29 is 69.4 Å². The molecule has 0 N–H and O–H groups in total. The zero-order chi connectivity index (χ0) is 35.4. The van der Waals surface area contributed by atoms with E-state index in [2.05, 4.69) is 0 Å². The maximum Gasteiger partial charge on any atom is 0.297 e. The molecule has 0 unspecified atom stereocenters. The lowest BCUT2D eigenvalue weighted by atomic mass is 10.2. The quantitative estimate of drug-likeness (QED) is 0.0716. The van der Waals surface area contributed by atoms with Gasteiger partial charge in [0.25, 0.3) is 10.1 Å². The molecule has 0 aliphatic heterocycles. The van der Waals surface area contributed by atoms with Gasteiger partial charge in [0.15, 0.2) is 0 Å². The molecular formula is C33H60O15S. The summed E-state index contributed by atoms with van der Waals surface area (Å²) in [5.41, 5.74) is 0.975. The van der Waals surface area contributed by atoms with Gasteiger partial charge in [-0.25, -0.2) is 0 Å². The van der Waals surface area contributed by atoms with Crippen molar-refractivity contribution in [2.24, 2.45) is 0 Å². The van der Waals surface area contributed by atoms with Crippen LogP contribution in [-0.2, 0) is 71.1 Å². The van der Waals surface area contributed by atoms with Gasteiger partial charge in [0.1, 0.15) is 0 Å². The van der Waals surface area contributed by atoms with Crippen LogP contribution in [-0.4, -0.2) is 174 Å². The molecule has 0 aliphatic carbocycles. The Hall–Kier alpha value is -1.35. The van der Waals surface area contributed by atoms with Crippen LogP contribution in [0.1, 0.15) is 12.5 Å². The molecule has 288 valence electrons. The summed E-state index contributed by atoms with van der Waals surface area (Å²) in [6, 6.07) is 6.48. The van der Waals surface area contributed by atoms with Crippen LogP contribution in [0.3, 0.4) is 0 Å². The minimum absolute atomic E-state index is 0.0602. The van der Waals surface area contributed by atoms with Crippen molar-refractivity contribution >= 4 is 10.1 Å². The van der Waals surface area contributed by atoms with Gasteiger partial charge in [-0.1, -0.05) is 17.7 Å². The molecule has 16 heteroatoms. The lowest BCUT2D eigenvalue weighted by Crippen LogP contribution is -2.16. The van der Waals surface area contributed by atoms with Crippen molar-refractivity contribution in [3.63, 3.8) is 0 Å². The van der Waals surface area contributed by atoms with E-state index in [0.717, 1.165) is 5.56 Å². The topological polar surface area (TPSA) is 154 Å². The SMILES string of the molecule is CCOCCOCCOCCOCCOCCOCCOCCOCCOCCOCCOCCOCCOS(=O)(=O)c1ccc(C)cc1. The maximum absolute atomic E-state index is 12.1. The Morgan fingerprint density at radius 3 is 0.837 bits per heavy atom. The van der Waals surface area contributed by atoms with Gasteiger partial charge in [-0.15, -0.1) is 0 Å². The molecule has 0 saturated heterocycles. The fourth-order valence-corrected chi connectivity index (χ4v) is 4.43. The molecule has 0 fully saturated rings. The van der Waals surface area contributed by atoms with Crippen LogP contribution in [0.4, 0.5) is 0 Å². The van der Waals surface area contributed by atoms with Crippen LogP contribution in [0.5, 0.6) is 0 Å². The van der Waals surface area contributed by atoms with E-state index in [4.69, 9.17) is 61.0 Å². The molecule has 0 aliphatic rings. The van der Waals surface area contributed by atoms with Crippen molar-refractivity contribution in [2.75, 3.05) is 165 Å². The Morgan fingerprint density at radius 2 is 0.592 bits per heavy atom. The Balaban J connectivity index is 1.67. The average Bonchev–Trinajstić information content (AvgIpc) is 3.09. The van der Waals surface area contributed by atoms with E-state index in [-0.39, 0.29) is 18.1 Å². The number of rotatable bonds is 39. The summed E-state index contributed by atoms with van der Waals surface area (Å²) in [5.74, 6) is 0. The highest BCUT2D eigenvalue weighted by Crippen LogP contribution is 2.12. The van der Waals surface area contributed by atoms with E-state index < -0.39 is 10.1 Å². The summed E-state index contributed by atoms with van der Waals surface area (Å²) in [6.07, 6.45) is 0. The second-order valence-corrected chi connectivity index (χ2v) is 11.6. The molecule has 1 rings (SSSR count). The summed E-state index contributed by atoms with van der Waals surface area (Å²) in [4.78, 5) is 0.127. The standard InChI is InChI=1S/C33H60O15S/c1-3-36-8-9-37-10-11-38-12-13-39-14-15-40-16-17-41-18-19-42-20-21-43-22-23-44-24-25-45-26-27-46-28-29-47-30-31-48-49(34,35)33-6-4-32(2)5-7-33/h4-7H,3,8-31H2,1-2H3. The zero-order valence-corrected chi connectivity index (χ0v) is 30.3. The summed E-state index contributed by atoms with van der Waals surface area (Å²) in [7, 11) is -3.77. The van der Waals surface area contributed by atoms with E-state index in [1.54, 1.807) is 12.1 Å². The van der Waals surface area contributed by atoms with Gasteiger partial charge in [0.2, 0.25) is 0 Å². The molecule has 1 aromatic rings. The van der Waals surface area contributed by atoms with E-state index in [1.807, 2.05) is 13.8 Å². The first-order valence-corrected chi connectivity index (χ1v) is 18.4. The molecule has 0 saturated carbocycles. The van der Waals surface area contributed by atoms with Crippen LogP contribution in [0.15, 0.2) is 29.2 Å². The molecule has 0 radical (unpaired) electrons. The summed E-state index contributed by atoms with van der Waals surface area (Å²) in [6.45, 7) is 15.4. The molecule has 0 atom stereocenters. The van der Waals surface area contributed by atoms with Crippen molar-refractivity contribution in [2.45, 2.75) is 18.7 Å². The smallest absolute Gasteiger partial charge is 0.297 e. The lowest BCUT2D eigenvalue weighted by Gasteiger charge is -2.09. The third-order valence-corrected chi connectivity index (χ3v) is 7.40. The van der Waals surface area contributed by atoms with E-state index >= 15 is 0 Å². The Bertz CT molecular complexity index is 921. The van der Waals surface area contributed by atoms with Crippen molar-refractivity contribution in [1.29, 1.82) is 0 Å². The largest absolute Gasteiger partial charge is 0.379 e. The first-order chi connectivity index (χ1) is 24.1. The molecule has 0 amide bonds. The van der Waals surface area contributed by atoms with Crippen molar-refractivity contribution in [1.82, 2.24) is 0 Å². The third kappa shape index (κ3) is 31.1. The average molecular weight is 729 g/mol. The van der Waals surface area contributed by atoms with Crippen LogP contribution in [0.2, 0.25) is 0 Å². The Labute approximate surface area is 293 Å². The van der Waals surface area contributed by atoms with Crippen molar-refractivity contribution in [3.05, 3.63) is 29.8 Å². The minimum atomic E-state index is -3.77. The van der Waals surface area contributed by atoms with E-state index in [1.165, 1.54) is 12.1 Å². The molecule has 0 spiro atoms. The first-order valence-electron chi connectivity index (χ1n) is 16.9. The van der Waals surface area contributed by atoms with E-state index in [0.29, 0.717) is 152 Å². The number of benzene rings is 1. The summed E-state index contributed by atoms with van der Waals surface area (Å²) in [5, 5.41) is 0. The molecule has 0 aromatic heterocycles. The van der Waals surface area contributed by atoms with Gasteiger partial charge in [0.05, 0.1) is 163 Å². The second kappa shape index (κ2) is 35.1. The molecular weight excluding hydrogens is 668 g/mol. The predicted molar refractivity (Wildman–Crippen MR) is 180 cm³/mol. The van der Waals surface area contributed by atoms with E-state index in [9.17, 15) is 8.42 Å². The number of aryl methyl sites for hydroxylation is 1.